The average molecular weight is 353 g/mol. The summed E-state index contributed by atoms with van der Waals surface area (Å²) in [6, 6.07) is 4.75. The molecule has 0 saturated heterocycles. The van der Waals surface area contributed by atoms with E-state index in [1.807, 2.05) is 0 Å². The van der Waals surface area contributed by atoms with Crippen molar-refractivity contribution in [3.8, 4) is 0 Å². The second kappa shape index (κ2) is 9.70. The Labute approximate surface area is 157 Å². The fourth-order valence-electron chi connectivity index (χ4n) is 3.88. The number of carboxylic acid groups (broad SMARTS) is 1. The summed E-state index contributed by atoms with van der Waals surface area (Å²) in [4.78, 5) is 12.8. The number of unbranched alkanes of at least 4 members (excludes halogenated alkanes) is 8. The number of fused-ring (bicyclic) bond motifs is 2. The zero-order valence-corrected chi connectivity index (χ0v) is 15.6. The molecule has 0 amide bonds. The third-order valence-corrected chi connectivity index (χ3v) is 5.39. The van der Waals surface area contributed by atoms with Gasteiger partial charge in [-0.15, -0.1) is 0 Å². The lowest BCUT2D eigenvalue weighted by Crippen LogP contribution is -2.38. The number of allylic oxidation sites excluding steroid dienone is 1. The quantitative estimate of drug-likeness (QED) is 0.432. The van der Waals surface area contributed by atoms with Gasteiger partial charge in [0.2, 0.25) is 0 Å². The molecule has 3 rings (SSSR count). The summed E-state index contributed by atoms with van der Waals surface area (Å²) in [7, 11) is 2.22. The molecule has 0 fully saturated rings. The Morgan fingerprint density at radius 3 is 2.46 bits per heavy atom. The smallest absolute Gasteiger partial charge is 0.396 e. The Bertz CT molecular complexity index is 650. The lowest BCUT2D eigenvalue weighted by molar-refractivity contribution is -0.137. The van der Waals surface area contributed by atoms with Crippen molar-refractivity contribution < 1.29 is 9.90 Å². The Balaban J connectivity index is 1.21. The molecule has 0 aliphatic carbocycles. The Hall–Kier alpha value is -1.91. The Morgan fingerprint density at radius 1 is 1.04 bits per heavy atom. The van der Waals surface area contributed by atoms with Gasteiger partial charge >= 0.3 is 13.5 Å². The van der Waals surface area contributed by atoms with Crippen LogP contribution in [0.1, 0.15) is 76.3 Å². The van der Waals surface area contributed by atoms with Crippen LogP contribution in [-0.4, -0.2) is 34.0 Å². The van der Waals surface area contributed by atoms with Crippen LogP contribution in [0, 0.1) is 0 Å². The highest BCUT2D eigenvalue weighted by Crippen LogP contribution is 2.28. The van der Waals surface area contributed by atoms with Gasteiger partial charge in [-0.25, -0.2) is 0 Å². The molecule has 1 aromatic rings. The van der Waals surface area contributed by atoms with Gasteiger partial charge in [0.05, 0.1) is 0 Å². The molecule has 1 unspecified atom stereocenters. The minimum absolute atomic E-state index is 0.326. The van der Waals surface area contributed by atoms with E-state index in [9.17, 15) is 4.79 Å². The van der Waals surface area contributed by atoms with Gasteiger partial charge in [-0.3, -0.25) is 4.79 Å². The number of hydrogen-bond donors (Lipinski definition) is 1. The Kier molecular flexibility index (Phi) is 7.04. The fourth-order valence-corrected chi connectivity index (χ4v) is 3.88. The van der Waals surface area contributed by atoms with Crippen molar-refractivity contribution in [2.24, 2.45) is 0 Å². The number of carboxylic acids is 1. The molecular weight excluding hydrogens is 323 g/mol. The second-order valence-corrected chi connectivity index (χ2v) is 7.47. The summed E-state index contributed by atoms with van der Waals surface area (Å²) >= 11 is 0. The maximum Gasteiger partial charge on any atom is 0.396 e. The van der Waals surface area contributed by atoms with Gasteiger partial charge in [0.1, 0.15) is 0 Å². The van der Waals surface area contributed by atoms with E-state index in [0.717, 1.165) is 12.8 Å². The molecule has 0 saturated carbocycles. The van der Waals surface area contributed by atoms with Crippen LogP contribution in [0.5, 0.6) is 0 Å². The second-order valence-electron chi connectivity index (χ2n) is 7.47. The Morgan fingerprint density at radius 2 is 1.73 bits per heavy atom. The van der Waals surface area contributed by atoms with Crippen molar-refractivity contribution >= 4 is 19.6 Å². The molecule has 2 aliphatic rings. The number of rotatable bonds is 12. The normalized spacial score (nSPS) is 17.6. The van der Waals surface area contributed by atoms with E-state index in [0.29, 0.717) is 12.5 Å². The van der Waals surface area contributed by atoms with E-state index >= 15 is 0 Å². The van der Waals surface area contributed by atoms with E-state index in [4.69, 9.17) is 5.11 Å². The van der Waals surface area contributed by atoms with Crippen LogP contribution in [0.4, 0.5) is 0 Å². The van der Waals surface area contributed by atoms with Crippen molar-refractivity contribution in [1.29, 1.82) is 0 Å². The molecule has 0 bridgehead atoms. The predicted octanol–water partition coefficient (Wildman–Crippen LogP) is 4.84. The molecule has 0 aromatic carbocycles. The number of aliphatic carboxylic acids is 1. The van der Waals surface area contributed by atoms with Gasteiger partial charge in [0.15, 0.2) is 0 Å². The van der Waals surface area contributed by atoms with Gasteiger partial charge in [-0.2, -0.15) is 0 Å². The monoisotopic (exact) mass is 353 g/mol. The predicted molar refractivity (Wildman–Crippen MR) is 107 cm³/mol. The fraction of sp³-hybridized carbons (Fsp3) is 0.571. The third kappa shape index (κ3) is 5.29. The van der Waals surface area contributed by atoms with Crippen LogP contribution in [0.2, 0.25) is 0 Å². The van der Waals surface area contributed by atoms with Crippen LogP contribution < -0.4 is 0 Å². The number of aromatic nitrogens is 1. The molecule has 1 aromatic heterocycles. The SMILES string of the molecule is O=C(O)CCCCCCCCCCCC1C=CC2=Cc3cccn3[B]N21. The zero-order valence-electron chi connectivity index (χ0n) is 15.6. The molecule has 1 N–H and O–H groups in total. The van der Waals surface area contributed by atoms with Crippen molar-refractivity contribution in [2.45, 2.75) is 76.7 Å². The summed E-state index contributed by atoms with van der Waals surface area (Å²) in [5, 5.41) is 8.60. The summed E-state index contributed by atoms with van der Waals surface area (Å²) < 4.78 is 2.19. The number of nitrogens with zero attached hydrogens (tertiary/aromatic N) is 2. The molecule has 3 heterocycles. The molecule has 26 heavy (non-hydrogen) atoms. The molecule has 0 spiro atoms. The van der Waals surface area contributed by atoms with E-state index in [2.05, 4.69) is 53.4 Å². The van der Waals surface area contributed by atoms with Gasteiger partial charge in [-0.1, -0.05) is 57.4 Å². The zero-order chi connectivity index (χ0) is 18.2. The van der Waals surface area contributed by atoms with Crippen molar-refractivity contribution in [2.75, 3.05) is 0 Å². The van der Waals surface area contributed by atoms with Crippen LogP contribution in [0.25, 0.3) is 6.08 Å². The van der Waals surface area contributed by atoms with Crippen LogP contribution in [0.15, 0.2) is 36.2 Å². The minimum Gasteiger partial charge on any atom is -0.481 e. The van der Waals surface area contributed by atoms with Crippen LogP contribution in [0.3, 0.4) is 0 Å². The van der Waals surface area contributed by atoms with E-state index in [1.165, 1.54) is 62.8 Å². The van der Waals surface area contributed by atoms with Gasteiger partial charge in [-0.05, 0) is 43.3 Å². The van der Waals surface area contributed by atoms with Gasteiger partial charge in [0, 0.05) is 23.9 Å². The summed E-state index contributed by atoms with van der Waals surface area (Å²) in [6.07, 6.45) is 21.3. The third-order valence-electron chi connectivity index (χ3n) is 5.39. The lowest BCUT2D eigenvalue weighted by Gasteiger charge is -2.31. The molecule has 1 radical (unpaired) electrons. The van der Waals surface area contributed by atoms with Crippen molar-refractivity contribution in [3.05, 3.63) is 41.9 Å². The van der Waals surface area contributed by atoms with Crippen LogP contribution >= 0.6 is 0 Å². The molecule has 1 atom stereocenters. The van der Waals surface area contributed by atoms with E-state index in [-0.39, 0.29) is 0 Å². The summed E-state index contributed by atoms with van der Waals surface area (Å²) in [6.45, 7) is 0. The maximum atomic E-state index is 10.4. The molecule has 4 nitrogen and oxygen atoms in total. The highest BCUT2D eigenvalue weighted by atomic mass is 16.4. The topological polar surface area (TPSA) is 45.5 Å². The molecule has 5 heteroatoms. The maximum absolute atomic E-state index is 10.4. The minimum atomic E-state index is -0.666. The highest BCUT2D eigenvalue weighted by molar-refractivity contribution is 6.33. The molecule has 139 valence electrons. The first kappa shape index (κ1) is 18.9. The van der Waals surface area contributed by atoms with E-state index < -0.39 is 5.97 Å². The molecule has 2 aliphatic heterocycles. The van der Waals surface area contributed by atoms with Crippen molar-refractivity contribution in [3.63, 3.8) is 0 Å². The summed E-state index contributed by atoms with van der Waals surface area (Å²) in [5.41, 5.74) is 2.56. The average Bonchev–Trinajstić information content (AvgIpc) is 3.23. The summed E-state index contributed by atoms with van der Waals surface area (Å²) in [5.74, 6) is -0.666. The number of hydrogen-bond acceptors (Lipinski definition) is 2. The first-order valence-electron chi connectivity index (χ1n) is 10.2. The van der Waals surface area contributed by atoms with E-state index in [1.54, 1.807) is 0 Å². The standard InChI is InChI=1S/C21H30BN2O2/c25-21(26)13-9-7-5-3-1-2-4-6-8-11-18-14-15-20-17-19-12-10-16-23(19)22-24(18)20/h10,12,14-18H,1-9,11,13H2,(H,25,26). The largest absolute Gasteiger partial charge is 0.481 e. The number of carbonyl (C=O) groups is 1. The van der Waals surface area contributed by atoms with Gasteiger partial charge < -0.3 is 14.4 Å². The highest BCUT2D eigenvalue weighted by Gasteiger charge is 2.27. The van der Waals surface area contributed by atoms with Crippen molar-refractivity contribution in [1.82, 2.24) is 9.29 Å². The van der Waals surface area contributed by atoms with Crippen LogP contribution in [-0.2, 0) is 4.79 Å². The first-order chi connectivity index (χ1) is 12.7. The lowest BCUT2D eigenvalue weighted by atomic mass is 9.97. The molecular formula is C21H30BN2O2. The first-order valence-corrected chi connectivity index (χ1v) is 10.2. The van der Waals surface area contributed by atoms with Gasteiger partial charge in [0.25, 0.3) is 0 Å².